The third kappa shape index (κ3) is 2.58. The van der Waals surface area contributed by atoms with E-state index in [9.17, 15) is 4.79 Å². The molecule has 18 heavy (non-hydrogen) atoms. The van der Waals surface area contributed by atoms with E-state index in [4.69, 9.17) is 5.11 Å². The van der Waals surface area contributed by atoms with E-state index in [0.717, 1.165) is 25.7 Å². The van der Waals surface area contributed by atoms with Crippen molar-refractivity contribution >= 4 is 5.97 Å². The molecule has 2 heteroatoms. The molecule has 1 saturated carbocycles. The van der Waals surface area contributed by atoms with Gasteiger partial charge in [0.15, 0.2) is 0 Å². The summed E-state index contributed by atoms with van der Waals surface area (Å²) in [5, 5.41) is 8.97. The molecule has 0 spiro atoms. The van der Waals surface area contributed by atoms with Crippen LogP contribution in [0.15, 0.2) is 24.3 Å². The summed E-state index contributed by atoms with van der Waals surface area (Å²) in [6.07, 6.45) is 4.64. The van der Waals surface area contributed by atoms with Gasteiger partial charge in [-0.05, 0) is 42.7 Å². The average molecular weight is 246 g/mol. The van der Waals surface area contributed by atoms with Crippen molar-refractivity contribution in [1.82, 2.24) is 0 Å². The first kappa shape index (κ1) is 13.1. The van der Waals surface area contributed by atoms with E-state index in [1.165, 1.54) is 11.1 Å². The molecule has 0 radical (unpaired) electrons. The molecule has 1 aliphatic carbocycles. The van der Waals surface area contributed by atoms with Gasteiger partial charge in [0.1, 0.15) is 0 Å². The van der Waals surface area contributed by atoms with Crippen LogP contribution in [0.4, 0.5) is 0 Å². The van der Waals surface area contributed by atoms with Crippen molar-refractivity contribution in [2.75, 3.05) is 0 Å². The fourth-order valence-electron chi connectivity index (χ4n) is 2.88. The van der Waals surface area contributed by atoms with Crippen molar-refractivity contribution < 1.29 is 9.90 Å². The molecule has 1 aromatic carbocycles. The maximum atomic E-state index is 10.9. The standard InChI is InChI=1S/C16H22O2/c1-3-12(4-2)13-5-7-14(8-6-13)16(9-10-16)11-15(17)18/h5-8,12H,3-4,9-11H2,1-2H3,(H,17,18). The highest BCUT2D eigenvalue weighted by Gasteiger charge is 2.45. The molecule has 1 aromatic rings. The van der Waals surface area contributed by atoms with Gasteiger partial charge in [-0.1, -0.05) is 38.1 Å². The van der Waals surface area contributed by atoms with Crippen molar-refractivity contribution in [2.24, 2.45) is 0 Å². The van der Waals surface area contributed by atoms with E-state index in [1.54, 1.807) is 0 Å². The average Bonchev–Trinajstić information content (AvgIpc) is 3.11. The second kappa shape index (κ2) is 5.13. The molecule has 0 heterocycles. The lowest BCUT2D eigenvalue weighted by Crippen LogP contribution is -2.13. The van der Waals surface area contributed by atoms with Gasteiger partial charge in [-0.25, -0.2) is 0 Å². The Bertz CT molecular complexity index is 411. The zero-order chi connectivity index (χ0) is 13.2. The molecule has 2 nitrogen and oxygen atoms in total. The Kier molecular flexibility index (Phi) is 3.74. The van der Waals surface area contributed by atoms with Gasteiger partial charge < -0.3 is 5.11 Å². The molecule has 1 aliphatic rings. The van der Waals surface area contributed by atoms with Crippen molar-refractivity contribution in [1.29, 1.82) is 0 Å². The monoisotopic (exact) mass is 246 g/mol. The lowest BCUT2D eigenvalue weighted by Gasteiger charge is -2.16. The molecule has 0 bridgehead atoms. The summed E-state index contributed by atoms with van der Waals surface area (Å²) in [6.45, 7) is 4.43. The minimum Gasteiger partial charge on any atom is -0.481 e. The van der Waals surface area contributed by atoms with Gasteiger partial charge >= 0.3 is 5.97 Å². The molecule has 0 atom stereocenters. The van der Waals surface area contributed by atoms with Crippen LogP contribution < -0.4 is 0 Å². The smallest absolute Gasteiger partial charge is 0.304 e. The first-order valence-corrected chi connectivity index (χ1v) is 6.93. The first-order chi connectivity index (χ1) is 8.61. The number of aliphatic carboxylic acids is 1. The fraction of sp³-hybridized carbons (Fsp3) is 0.562. The number of benzene rings is 1. The second-order valence-corrected chi connectivity index (χ2v) is 5.49. The summed E-state index contributed by atoms with van der Waals surface area (Å²) >= 11 is 0. The van der Waals surface area contributed by atoms with Crippen LogP contribution in [-0.4, -0.2) is 11.1 Å². The van der Waals surface area contributed by atoms with Gasteiger partial charge in [-0.2, -0.15) is 0 Å². The zero-order valence-electron chi connectivity index (χ0n) is 11.3. The van der Waals surface area contributed by atoms with Crippen molar-refractivity contribution in [3.05, 3.63) is 35.4 Å². The predicted molar refractivity (Wildman–Crippen MR) is 72.9 cm³/mol. The second-order valence-electron chi connectivity index (χ2n) is 5.49. The Morgan fingerprint density at radius 2 is 1.78 bits per heavy atom. The number of hydrogen-bond acceptors (Lipinski definition) is 1. The number of carboxylic acids is 1. The number of rotatable bonds is 6. The summed E-state index contributed by atoms with van der Waals surface area (Å²) in [6, 6.07) is 8.66. The normalized spacial score (nSPS) is 16.8. The van der Waals surface area contributed by atoms with Crippen molar-refractivity contribution in [2.45, 2.75) is 57.3 Å². The maximum absolute atomic E-state index is 10.9. The topological polar surface area (TPSA) is 37.3 Å². The Hall–Kier alpha value is -1.31. The zero-order valence-corrected chi connectivity index (χ0v) is 11.3. The highest BCUT2D eigenvalue weighted by atomic mass is 16.4. The molecule has 0 unspecified atom stereocenters. The minimum atomic E-state index is -0.684. The summed E-state index contributed by atoms with van der Waals surface area (Å²) in [7, 11) is 0. The molecule has 0 aliphatic heterocycles. The van der Waals surface area contributed by atoms with Crippen LogP contribution in [0.2, 0.25) is 0 Å². The number of carboxylic acid groups (broad SMARTS) is 1. The quantitative estimate of drug-likeness (QED) is 0.820. The Labute approximate surface area is 109 Å². The molecule has 1 fully saturated rings. The van der Waals surface area contributed by atoms with Crippen LogP contribution in [0.5, 0.6) is 0 Å². The highest BCUT2D eigenvalue weighted by Crippen LogP contribution is 2.51. The van der Waals surface area contributed by atoms with Crippen molar-refractivity contribution in [3.8, 4) is 0 Å². The molecule has 1 N–H and O–H groups in total. The lowest BCUT2D eigenvalue weighted by atomic mass is 9.88. The fourth-order valence-corrected chi connectivity index (χ4v) is 2.88. The van der Waals surface area contributed by atoms with E-state index in [1.807, 2.05) is 0 Å². The lowest BCUT2D eigenvalue weighted by molar-refractivity contribution is -0.137. The molecule has 0 saturated heterocycles. The van der Waals surface area contributed by atoms with Crippen molar-refractivity contribution in [3.63, 3.8) is 0 Å². The van der Waals surface area contributed by atoms with Crippen LogP contribution in [0.1, 0.15) is 63.0 Å². The van der Waals surface area contributed by atoms with Gasteiger partial charge in [-0.3, -0.25) is 4.79 Å². The largest absolute Gasteiger partial charge is 0.481 e. The summed E-state index contributed by atoms with van der Waals surface area (Å²) in [5.41, 5.74) is 2.53. The van der Waals surface area contributed by atoms with Crippen LogP contribution >= 0.6 is 0 Å². The third-order valence-corrected chi connectivity index (χ3v) is 4.32. The molecular formula is C16H22O2. The third-order valence-electron chi connectivity index (χ3n) is 4.32. The first-order valence-electron chi connectivity index (χ1n) is 6.93. The Balaban J connectivity index is 2.15. The van der Waals surface area contributed by atoms with Gasteiger partial charge in [0.2, 0.25) is 0 Å². The molecule has 0 aromatic heterocycles. The molecular weight excluding hydrogens is 224 g/mol. The van der Waals surface area contributed by atoms with E-state index >= 15 is 0 Å². The minimum absolute atomic E-state index is 0.0573. The molecule has 0 amide bonds. The van der Waals surface area contributed by atoms with Gasteiger partial charge in [0.25, 0.3) is 0 Å². The van der Waals surface area contributed by atoms with Gasteiger partial charge in [0, 0.05) is 5.41 Å². The van der Waals surface area contributed by atoms with Crippen LogP contribution in [0, 0.1) is 0 Å². The SMILES string of the molecule is CCC(CC)c1ccc(C2(CC(=O)O)CC2)cc1. The number of carbonyl (C=O) groups is 1. The predicted octanol–water partition coefficient (Wildman–Crippen LogP) is 4.10. The van der Waals surface area contributed by atoms with Gasteiger partial charge in [-0.15, -0.1) is 0 Å². The Morgan fingerprint density at radius 1 is 1.22 bits per heavy atom. The van der Waals surface area contributed by atoms with Crippen LogP contribution in [0.25, 0.3) is 0 Å². The summed E-state index contributed by atoms with van der Waals surface area (Å²) < 4.78 is 0. The Morgan fingerprint density at radius 3 is 2.17 bits per heavy atom. The number of hydrogen-bond donors (Lipinski definition) is 1. The maximum Gasteiger partial charge on any atom is 0.304 e. The molecule has 2 rings (SSSR count). The van der Waals surface area contributed by atoms with Crippen LogP contribution in [-0.2, 0) is 10.2 Å². The van der Waals surface area contributed by atoms with Gasteiger partial charge in [0.05, 0.1) is 6.42 Å². The van der Waals surface area contributed by atoms with E-state index in [-0.39, 0.29) is 11.8 Å². The summed E-state index contributed by atoms with van der Waals surface area (Å²) in [4.78, 5) is 10.9. The van der Waals surface area contributed by atoms with E-state index in [0.29, 0.717) is 5.92 Å². The summed E-state index contributed by atoms with van der Waals surface area (Å²) in [5.74, 6) is -0.0507. The molecule has 98 valence electrons. The van der Waals surface area contributed by atoms with Crippen LogP contribution in [0.3, 0.4) is 0 Å². The highest BCUT2D eigenvalue weighted by molar-refractivity contribution is 5.70. The van der Waals surface area contributed by atoms with E-state index < -0.39 is 5.97 Å². The van der Waals surface area contributed by atoms with E-state index in [2.05, 4.69) is 38.1 Å².